The number of halogens is 1. The maximum absolute atomic E-state index is 12.2. The lowest BCUT2D eigenvalue weighted by Crippen LogP contribution is -2.27. The van der Waals surface area contributed by atoms with E-state index in [0.29, 0.717) is 12.2 Å². The van der Waals surface area contributed by atoms with Gasteiger partial charge in [-0.25, -0.2) is 9.48 Å². The molecule has 1 aromatic carbocycles. The number of hydrogen-bond donors (Lipinski definition) is 1. The predicted octanol–water partition coefficient (Wildman–Crippen LogP) is 1.77. The Bertz CT molecular complexity index is 674. The molecule has 0 bridgehead atoms. The molecule has 2 N–H and O–H groups in total. The van der Waals surface area contributed by atoms with Gasteiger partial charge in [-0.3, -0.25) is 4.57 Å². The zero-order valence-corrected chi connectivity index (χ0v) is 12.1. The highest BCUT2D eigenvalue weighted by Gasteiger charge is 2.17. The summed E-state index contributed by atoms with van der Waals surface area (Å²) in [5.74, 6) is 0.895. The highest BCUT2D eigenvalue weighted by Crippen LogP contribution is 2.19. The van der Waals surface area contributed by atoms with E-state index in [4.69, 9.17) is 5.73 Å². The Morgan fingerprint density at radius 1 is 1.37 bits per heavy atom. The van der Waals surface area contributed by atoms with Crippen molar-refractivity contribution in [1.29, 1.82) is 0 Å². The summed E-state index contributed by atoms with van der Waals surface area (Å²) in [5, 5.41) is 4.41. The molecule has 0 saturated carbocycles. The van der Waals surface area contributed by atoms with Gasteiger partial charge in [0.2, 0.25) is 0 Å². The molecule has 0 unspecified atom stereocenters. The van der Waals surface area contributed by atoms with Gasteiger partial charge < -0.3 is 5.73 Å². The summed E-state index contributed by atoms with van der Waals surface area (Å²) in [5.41, 5.74) is 7.52. The normalized spacial score (nSPS) is 14.4. The van der Waals surface area contributed by atoms with Gasteiger partial charge in [-0.15, -0.1) is 0 Å². The molecule has 1 aliphatic rings. The highest BCUT2D eigenvalue weighted by molar-refractivity contribution is 9.10. The Morgan fingerprint density at radius 2 is 2.21 bits per heavy atom. The number of aromatic nitrogens is 3. The molecular formula is C13H15BrN4O. The van der Waals surface area contributed by atoms with Crippen LogP contribution in [0.5, 0.6) is 0 Å². The summed E-state index contributed by atoms with van der Waals surface area (Å²) in [6, 6.07) is 5.69. The smallest absolute Gasteiger partial charge is 0.346 e. The van der Waals surface area contributed by atoms with Crippen molar-refractivity contribution >= 4 is 21.6 Å². The molecule has 0 spiro atoms. The Kier molecular flexibility index (Phi) is 3.18. The molecule has 6 heteroatoms. The molecule has 2 heterocycles. The third-order valence-electron chi connectivity index (χ3n) is 3.46. The molecule has 3 rings (SSSR count). The standard InChI is InChI=1S/C13H15BrN4O/c14-10-5-4-9(11(15)7-10)8-18-13(19)17-6-2-1-3-12(17)16-18/h4-5,7H,1-3,6,8,15H2. The fourth-order valence-electron chi connectivity index (χ4n) is 2.42. The number of aryl methyl sites for hydroxylation is 1. The fourth-order valence-corrected chi connectivity index (χ4v) is 2.80. The fraction of sp³-hybridized carbons (Fsp3) is 0.385. The molecule has 0 atom stereocenters. The van der Waals surface area contributed by atoms with Gasteiger partial charge in [0.05, 0.1) is 6.54 Å². The molecule has 0 radical (unpaired) electrons. The number of nitrogens with zero attached hydrogens (tertiary/aromatic N) is 3. The van der Waals surface area contributed by atoms with E-state index in [-0.39, 0.29) is 5.69 Å². The van der Waals surface area contributed by atoms with Crippen molar-refractivity contribution in [2.24, 2.45) is 0 Å². The van der Waals surface area contributed by atoms with Crippen molar-refractivity contribution in [1.82, 2.24) is 14.3 Å². The molecule has 2 aromatic rings. The van der Waals surface area contributed by atoms with E-state index in [0.717, 1.165) is 41.7 Å². The van der Waals surface area contributed by atoms with E-state index in [1.807, 2.05) is 18.2 Å². The van der Waals surface area contributed by atoms with Crippen LogP contribution >= 0.6 is 15.9 Å². The lowest BCUT2D eigenvalue weighted by atomic mass is 10.2. The van der Waals surface area contributed by atoms with Crippen LogP contribution in [0.3, 0.4) is 0 Å². The monoisotopic (exact) mass is 322 g/mol. The van der Waals surface area contributed by atoms with Crippen molar-refractivity contribution < 1.29 is 0 Å². The minimum atomic E-state index is -0.0305. The number of rotatable bonds is 2. The summed E-state index contributed by atoms with van der Waals surface area (Å²) >= 11 is 3.37. The zero-order valence-electron chi connectivity index (χ0n) is 10.5. The van der Waals surface area contributed by atoms with Crippen LogP contribution in [0.15, 0.2) is 27.5 Å². The Balaban J connectivity index is 1.95. The van der Waals surface area contributed by atoms with E-state index in [2.05, 4.69) is 21.0 Å². The van der Waals surface area contributed by atoms with Gasteiger partial charge in [-0.05, 0) is 30.5 Å². The van der Waals surface area contributed by atoms with Crippen molar-refractivity contribution in [3.63, 3.8) is 0 Å². The third kappa shape index (κ3) is 2.32. The average molecular weight is 323 g/mol. The molecule has 1 aliphatic heterocycles. The molecule has 1 aromatic heterocycles. The predicted molar refractivity (Wildman–Crippen MR) is 77.1 cm³/mol. The first-order valence-electron chi connectivity index (χ1n) is 6.35. The van der Waals surface area contributed by atoms with Gasteiger partial charge in [-0.2, -0.15) is 5.10 Å². The minimum absolute atomic E-state index is 0.0305. The first kappa shape index (κ1) is 12.5. The topological polar surface area (TPSA) is 65.8 Å². The largest absolute Gasteiger partial charge is 0.398 e. The maximum Gasteiger partial charge on any atom is 0.346 e. The SMILES string of the molecule is Nc1cc(Br)ccc1Cn1nc2n(c1=O)CCCC2. The molecule has 5 nitrogen and oxygen atoms in total. The third-order valence-corrected chi connectivity index (χ3v) is 3.95. The maximum atomic E-state index is 12.2. The molecular weight excluding hydrogens is 308 g/mol. The van der Waals surface area contributed by atoms with E-state index in [9.17, 15) is 4.79 Å². The van der Waals surface area contributed by atoms with Gasteiger partial charge in [0.1, 0.15) is 5.82 Å². The number of benzene rings is 1. The van der Waals surface area contributed by atoms with Crippen molar-refractivity contribution in [3.05, 3.63) is 44.5 Å². The molecule has 19 heavy (non-hydrogen) atoms. The Labute approximate surface area is 119 Å². The minimum Gasteiger partial charge on any atom is -0.398 e. The van der Waals surface area contributed by atoms with Gasteiger partial charge in [0.15, 0.2) is 0 Å². The van der Waals surface area contributed by atoms with Crippen LogP contribution in [0.1, 0.15) is 24.2 Å². The van der Waals surface area contributed by atoms with Crippen molar-refractivity contribution in [2.45, 2.75) is 32.4 Å². The molecule has 0 aliphatic carbocycles. The number of hydrogen-bond acceptors (Lipinski definition) is 3. The highest BCUT2D eigenvalue weighted by atomic mass is 79.9. The van der Waals surface area contributed by atoms with Crippen LogP contribution < -0.4 is 11.4 Å². The molecule has 0 saturated heterocycles. The number of fused-ring (bicyclic) bond motifs is 1. The second-order valence-corrected chi connectivity index (χ2v) is 5.72. The van der Waals surface area contributed by atoms with E-state index in [1.165, 1.54) is 4.68 Å². The summed E-state index contributed by atoms with van der Waals surface area (Å²) in [6.07, 6.45) is 3.05. The van der Waals surface area contributed by atoms with Gasteiger partial charge >= 0.3 is 5.69 Å². The second kappa shape index (κ2) is 4.85. The molecule has 100 valence electrons. The number of nitrogens with two attached hydrogens (primary N) is 1. The van der Waals surface area contributed by atoms with Crippen LogP contribution in [-0.4, -0.2) is 14.3 Å². The van der Waals surface area contributed by atoms with Crippen LogP contribution in [0, 0.1) is 0 Å². The summed E-state index contributed by atoms with van der Waals surface area (Å²) < 4.78 is 4.23. The van der Waals surface area contributed by atoms with E-state index >= 15 is 0 Å². The molecule has 0 fully saturated rings. The van der Waals surface area contributed by atoms with Crippen LogP contribution in [0.4, 0.5) is 5.69 Å². The first-order chi connectivity index (χ1) is 9.15. The zero-order chi connectivity index (χ0) is 13.4. The van der Waals surface area contributed by atoms with Crippen LogP contribution in [0.2, 0.25) is 0 Å². The number of anilines is 1. The van der Waals surface area contributed by atoms with Gasteiger partial charge in [-0.1, -0.05) is 22.0 Å². The van der Waals surface area contributed by atoms with Crippen molar-refractivity contribution in [3.8, 4) is 0 Å². The number of nitrogen functional groups attached to an aromatic ring is 1. The van der Waals surface area contributed by atoms with Crippen LogP contribution in [-0.2, 0) is 19.5 Å². The lowest BCUT2D eigenvalue weighted by molar-refractivity contribution is 0.511. The lowest BCUT2D eigenvalue weighted by Gasteiger charge is -2.09. The van der Waals surface area contributed by atoms with Crippen molar-refractivity contribution in [2.75, 3.05) is 5.73 Å². The van der Waals surface area contributed by atoms with E-state index < -0.39 is 0 Å². The second-order valence-electron chi connectivity index (χ2n) is 4.81. The van der Waals surface area contributed by atoms with Gasteiger partial charge in [0, 0.05) is 23.1 Å². The van der Waals surface area contributed by atoms with Crippen LogP contribution in [0.25, 0.3) is 0 Å². The first-order valence-corrected chi connectivity index (χ1v) is 7.15. The molecule has 0 amide bonds. The summed E-state index contributed by atoms with van der Waals surface area (Å²) in [7, 11) is 0. The van der Waals surface area contributed by atoms with E-state index in [1.54, 1.807) is 4.57 Å². The Hall–Kier alpha value is -1.56. The Morgan fingerprint density at radius 3 is 2.95 bits per heavy atom. The van der Waals surface area contributed by atoms with Gasteiger partial charge in [0.25, 0.3) is 0 Å². The summed E-state index contributed by atoms with van der Waals surface area (Å²) in [4.78, 5) is 12.2. The quantitative estimate of drug-likeness (QED) is 0.857. The average Bonchev–Trinajstić information content (AvgIpc) is 2.70. The summed E-state index contributed by atoms with van der Waals surface area (Å²) in [6.45, 7) is 1.21.